The van der Waals surface area contributed by atoms with Gasteiger partial charge in [-0.2, -0.15) is 0 Å². The third-order valence-corrected chi connectivity index (χ3v) is 2.95. The molecule has 1 aliphatic heterocycles. The van der Waals surface area contributed by atoms with Crippen molar-refractivity contribution in [2.75, 3.05) is 7.11 Å². The molecule has 1 aliphatic rings. The molecule has 2 rings (SSSR count). The van der Waals surface area contributed by atoms with Crippen molar-refractivity contribution in [2.24, 2.45) is 5.16 Å². The molecule has 7 heteroatoms. The highest BCUT2D eigenvalue weighted by Gasteiger charge is 2.29. The van der Waals surface area contributed by atoms with Crippen LogP contribution in [0.3, 0.4) is 0 Å². The zero-order valence-electron chi connectivity index (χ0n) is 9.44. The summed E-state index contributed by atoms with van der Waals surface area (Å²) in [6.07, 6.45) is -0.372. The molecule has 0 radical (unpaired) electrons. The Morgan fingerprint density at radius 3 is 3.00 bits per heavy atom. The summed E-state index contributed by atoms with van der Waals surface area (Å²) in [5.74, 6) is -0.388. The Morgan fingerprint density at radius 2 is 2.33 bits per heavy atom. The molecule has 1 N–H and O–H groups in total. The predicted molar refractivity (Wildman–Crippen MR) is 67.6 cm³/mol. The molecule has 5 nitrogen and oxygen atoms in total. The average molecular weight is 289 g/mol. The van der Waals surface area contributed by atoms with Gasteiger partial charge in [0.25, 0.3) is 5.91 Å². The van der Waals surface area contributed by atoms with Gasteiger partial charge in [-0.1, -0.05) is 34.4 Å². The minimum atomic E-state index is -0.702. The molecule has 0 aromatic heterocycles. The van der Waals surface area contributed by atoms with Crippen LogP contribution < -0.4 is 5.48 Å². The minimum Gasteiger partial charge on any atom is -0.382 e. The Morgan fingerprint density at radius 1 is 1.56 bits per heavy atom. The second-order valence-electron chi connectivity index (χ2n) is 3.63. The highest BCUT2D eigenvalue weighted by molar-refractivity contribution is 6.37. The van der Waals surface area contributed by atoms with Gasteiger partial charge in [-0.15, -0.1) is 0 Å². The molecule has 1 atom stereocenters. The quantitative estimate of drug-likeness (QED) is 0.867. The van der Waals surface area contributed by atoms with E-state index >= 15 is 0 Å². The molecular weight excluding hydrogens is 279 g/mol. The normalized spacial score (nSPS) is 18.2. The standard InChI is InChI=1S/C11H10Cl2N2O3/c1-17-15-11(16)10-5-9(14-18-10)7-3-2-6(12)4-8(7)13/h2-4,10H,5H2,1H3,(H,15,16). The number of nitrogens with one attached hydrogen (secondary N) is 1. The number of carbonyl (C=O) groups excluding carboxylic acids is 1. The van der Waals surface area contributed by atoms with Gasteiger partial charge < -0.3 is 4.84 Å². The lowest BCUT2D eigenvalue weighted by atomic mass is 10.0. The number of benzene rings is 1. The predicted octanol–water partition coefficient (Wildman–Crippen LogP) is 2.16. The van der Waals surface area contributed by atoms with Crippen molar-refractivity contribution in [1.82, 2.24) is 5.48 Å². The van der Waals surface area contributed by atoms with Crippen molar-refractivity contribution < 1.29 is 14.5 Å². The van der Waals surface area contributed by atoms with Crippen LogP contribution in [0.2, 0.25) is 10.0 Å². The number of nitrogens with zero attached hydrogens (tertiary/aromatic N) is 1. The van der Waals surface area contributed by atoms with Crippen LogP contribution in [0.15, 0.2) is 23.4 Å². The van der Waals surface area contributed by atoms with Gasteiger partial charge in [-0.25, -0.2) is 5.48 Å². The van der Waals surface area contributed by atoms with Crippen molar-refractivity contribution in [3.05, 3.63) is 33.8 Å². The summed E-state index contributed by atoms with van der Waals surface area (Å²) in [5.41, 5.74) is 3.50. The van der Waals surface area contributed by atoms with Crippen LogP contribution >= 0.6 is 23.2 Å². The second-order valence-corrected chi connectivity index (χ2v) is 4.47. The van der Waals surface area contributed by atoms with Crippen molar-refractivity contribution in [3.63, 3.8) is 0 Å². The Kier molecular flexibility index (Phi) is 4.06. The number of rotatable bonds is 3. The Hall–Kier alpha value is -1.30. The van der Waals surface area contributed by atoms with Crippen molar-refractivity contribution in [2.45, 2.75) is 12.5 Å². The fourth-order valence-electron chi connectivity index (χ4n) is 1.57. The average Bonchev–Trinajstić information content (AvgIpc) is 2.78. The molecule has 0 aliphatic carbocycles. The topological polar surface area (TPSA) is 59.9 Å². The van der Waals surface area contributed by atoms with Crippen molar-refractivity contribution >= 4 is 34.8 Å². The number of hydrogen-bond acceptors (Lipinski definition) is 4. The van der Waals surface area contributed by atoms with E-state index < -0.39 is 6.10 Å². The molecule has 0 bridgehead atoms. The van der Waals surface area contributed by atoms with Crippen LogP contribution in [0.1, 0.15) is 12.0 Å². The summed E-state index contributed by atoms with van der Waals surface area (Å²) < 4.78 is 0. The van der Waals surface area contributed by atoms with E-state index in [4.69, 9.17) is 28.0 Å². The molecule has 1 aromatic rings. The maximum Gasteiger partial charge on any atom is 0.287 e. The Bertz CT molecular complexity index is 505. The van der Waals surface area contributed by atoms with E-state index in [-0.39, 0.29) is 5.91 Å². The zero-order valence-corrected chi connectivity index (χ0v) is 11.0. The summed E-state index contributed by atoms with van der Waals surface area (Å²) >= 11 is 11.9. The Balaban J connectivity index is 2.10. The van der Waals surface area contributed by atoms with Gasteiger partial charge in [0.15, 0.2) is 0 Å². The van der Waals surface area contributed by atoms with Crippen molar-refractivity contribution in [1.29, 1.82) is 0 Å². The Labute approximate surface area is 114 Å². The number of hydroxylamine groups is 1. The SMILES string of the molecule is CONC(=O)C1CC(c2ccc(Cl)cc2Cl)=NO1. The number of hydrogen-bond donors (Lipinski definition) is 1. The van der Waals surface area contributed by atoms with Crippen LogP contribution in [0.4, 0.5) is 0 Å². The summed E-state index contributed by atoms with van der Waals surface area (Å²) in [4.78, 5) is 21.0. The van der Waals surface area contributed by atoms with Gasteiger partial charge in [0, 0.05) is 17.0 Å². The van der Waals surface area contributed by atoms with Gasteiger partial charge >= 0.3 is 0 Å². The molecule has 1 aromatic carbocycles. The van der Waals surface area contributed by atoms with Gasteiger partial charge in [0.2, 0.25) is 6.10 Å². The van der Waals surface area contributed by atoms with Crippen LogP contribution in [-0.4, -0.2) is 24.8 Å². The maximum atomic E-state index is 11.5. The summed E-state index contributed by atoms with van der Waals surface area (Å²) in [5, 5.41) is 4.86. The minimum absolute atomic E-state index is 0.330. The van der Waals surface area contributed by atoms with E-state index in [0.29, 0.717) is 27.7 Å². The highest BCUT2D eigenvalue weighted by Crippen LogP contribution is 2.25. The summed E-state index contributed by atoms with van der Waals surface area (Å²) in [7, 11) is 1.35. The van der Waals surface area contributed by atoms with Crippen LogP contribution in [0, 0.1) is 0 Å². The lowest BCUT2D eigenvalue weighted by Crippen LogP contribution is -2.33. The number of oxime groups is 1. The first kappa shape index (κ1) is 13.1. The fourth-order valence-corrected chi connectivity index (χ4v) is 2.08. The molecule has 96 valence electrons. The molecule has 1 heterocycles. The molecule has 1 unspecified atom stereocenters. The number of amides is 1. The fraction of sp³-hybridized carbons (Fsp3) is 0.273. The third kappa shape index (κ3) is 2.75. The monoisotopic (exact) mass is 288 g/mol. The van der Waals surface area contributed by atoms with Crippen molar-refractivity contribution in [3.8, 4) is 0 Å². The molecule has 0 saturated carbocycles. The molecular formula is C11H10Cl2N2O3. The highest BCUT2D eigenvalue weighted by atomic mass is 35.5. The van der Waals surface area contributed by atoms with Gasteiger partial charge in [-0.05, 0) is 12.1 Å². The lowest BCUT2D eigenvalue weighted by molar-refractivity contribution is -0.141. The van der Waals surface area contributed by atoms with E-state index in [1.165, 1.54) is 7.11 Å². The van der Waals surface area contributed by atoms with E-state index in [1.807, 2.05) is 0 Å². The van der Waals surface area contributed by atoms with Crippen LogP contribution in [-0.2, 0) is 14.5 Å². The number of carbonyl (C=O) groups is 1. The lowest BCUT2D eigenvalue weighted by Gasteiger charge is -2.07. The van der Waals surface area contributed by atoms with Gasteiger partial charge in [-0.3, -0.25) is 9.63 Å². The first-order chi connectivity index (χ1) is 8.61. The second kappa shape index (κ2) is 5.56. The first-order valence-electron chi connectivity index (χ1n) is 5.12. The smallest absolute Gasteiger partial charge is 0.287 e. The molecule has 0 fully saturated rings. The maximum absolute atomic E-state index is 11.5. The molecule has 0 saturated heterocycles. The zero-order chi connectivity index (χ0) is 13.1. The molecule has 0 spiro atoms. The third-order valence-electron chi connectivity index (χ3n) is 2.41. The van der Waals surface area contributed by atoms with E-state index in [0.717, 1.165) is 0 Å². The summed E-state index contributed by atoms with van der Waals surface area (Å²) in [6.45, 7) is 0. The van der Waals surface area contributed by atoms with E-state index in [9.17, 15) is 4.79 Å². The molecule has 18 heavy (non-hydrogen) atoms. The first-order valence-corrected chi connectivity index (χ1v) is 5.88. The number of halogens is 2. The van der Waals surface area contributed by atoms with Crippen LogP contribution in [0.25, 0.3) is 0 Å². The summed E-state index contributed by atoms with van der Waals surface area (Å²) in [6, 6.07) is 5.06. The molecule has 1 amide bonds. The van der Waals surface area contributed by atoms with Gasteiger partial charge in [0.05, 0.1) is 17.8 Å². The van der Waals surface area contributed by atoms with Gasteiger partial charge in [0.1, 0.15) is 0 Å². The largest absolute Gasteiger partial charge is 0.382 e. The van der Waals surface area contributed by atoms with Crippen LogP contribution in [0.5, 0.6) is 0 Å². The van der Waals surface area contributed by atoms with E-state index in [2.05, 4.69) is 15.5 Å². The van der Waals surface area contributed by atoms with E-state index in [1.54, 1.807) is 18.2 Å².